The van der Waals surface area contributed by atoms with Gasteiger partial charge in [0.25, 0.3) is 0 Å². The number of rotatable bonds is 13. The van der Waals surface area contributed by atoms with Crippen LogP contribution in [0.2, 0.25) is 0 Å². The van der Waals surface area contributed by atoms with Gasteiger partial charge in [-0.2, -0.15) is 0 Å². The summed E-state index contributed by atoms with van der Waals surface area (Å²) in [6, 6.07) is 16.6. The molecule has 0 aliphatic carbocycles. The zero-order valence-corrected chi connectivity index (χ0v) is 21.9. The summed E-state index contributed by atoms with van der Waals surface area (Å²) >= 11 is 0. The van der Waals surface area contributed by atoms with E-state index in [1.807, 2.05) is 36.4 Å². The van der Waals surface area contributed by atoms with Crippen LogP contribution in [0, 0.1) is 0 Å². The van der Waals surface area contributed by atoms with Crippen LogP contribution >= 0.6 is 0 Å². The minimum atomic E-state index is -0.770. The summed E-state index contributed by atoms with van der Waals surface area (Å²) in [5, 5.41) is 4.13. The number of hydrogen-bond acceptors (Lipinski definition) is 4. The lowest BCUT2D eigenvalue weighted by Crippen LogP contribution is -2.54. The molecule has 1 aromatic heterocycles. The largest absolute Gasteiger partial charge is 0.368 e. The highest BCUT2D eigenvalue weighted by molar-refractivity contribution is 5.95. The minimum absolute atomic E-state index is 0.134. The Kier molecular flexibility index (Phi) is 8.94. The van der Waals surface area contributed by atoms with Gasteiger partial charge < -0.3 is 25.7 Å². The normalized spacial score (nSPS) is 16.1. The fraction of sp³-hybridized carbons (Fsp3) is 0.400. The molecule has 2 aromatic carbocycles. The van der Waals surface area contributed by atoms with Gasteiger partial charge in [-0.3, -0.25) is 14.4 Å². The lowest BCUT2D eigenvalue weighted by atomic mass is 10.0. The Morgan fingerprint density at radius 3 is 2.53 bits per heavy atom. The smallest absolute Gasteiger partial charge is 0.242 e. The highest BCUT2D eigenvalue weighted by Crippen LogP contribution is 2.30. The Morgan fingerprint density at radius 1 is 1.05 bits per heavy atom. The Labute approximate surface area is 223 Å². The van der Waals surface area contributed by atoms with Gasteiger partial charge in [-0.25, -0.2) is 0 Å². The molecule has 1 aliphatic heterocycles. The summed E-state index contributed by atoms with van der Waals surface area (Å²) in [4.78, 5) is 54.4. The average molecular weight is 517 g/mol. The van der Waals surface area contributed by atoms with Gasteiger partial charge in [0, 0.05) is 36.0 Å². The zero-order valence-electron chi connectivity index (χ0n) is 21.9. The van der Waals surface area contributed by atoms with Crippen LogP contribution in [0.4, 0.5) is 0 Å². The van der Waals surface area contributed by atoms with Gasteiger partial charge in [0.2, 0.25) is 17.7 Å². The van der Waals surface area contributed by atoms with Gasteiger partial charge >= 0.3 is 0 Å². The summed E-state index contributed by atoms with van der Waals surface area (Å²) in [5.41, 5.74) is 9.81. The van der Waals surface area contributed by atoms with E-state index >= 15 is 0 Å². The van der Waals surface area contributed by atoms with Gasteiger partial charge in [-0.1, -0.05) is 61.4 Å². The van der Waals surface area contributed by atoms with E-state index in [-0.39, 0.29) is 24.0 Å². The van der Waals surface area contributed by atoms with Gasteiger partial charge in [0.05, 0.1) is 0 Å². The van der Waals surface area contributed by atoms with Gasteiger partial charge in [-0.05, 0) is 49.8 Å². The van der Waals surface area contributed by atoms with Crippen LogP contribution in [-0.4, -0.2) is 52.0 Å². The molecule has 200 valence electrons. The minimum Gasteiger partial charge on any atom is -0.368 e. The molecule has 8 heteroatoms. The molecule has 38 heavy (non-hydrogen) atoms. The predicted octanol–water partition coefficient (Wildman–Crippen LogP) is 3.88. The van der Waals surface area contributed by atoms with Crippen molar-refractivity contribution >= 4 is 34.4 Å². The number of aromatic nitrogens is 1. The number of carbonyl (C=O) groups is 4. The summed E-state index contributed by atoms with van der Waals surface area (Å²) in [5.74, 6) is -0.952. The van der Waals surface area contributed by atoms with Crippen molar-refractivity contribution in [3.8, 4) is 11.3 Å². The second kappa shape index (κ2) is 12.5. The highest BCUT2D eigenvalue weighted by Gasteiger charge is 2.41. The molecule has 4 N–H and O–H groups in total. The van der Waals surface area contributed by atoms with Crippen LogP contribution in [-0.2, 0) is 25.6 Å². The maximum Gasteiger partial charge on any atom is 0.242 e. The molecule has 0 bridgehead atoms. The fourth-order valence-electron chi connectivity index (χ4n) is 5.40. The first-order valence-electron chi connectivity index (χ1n) is 13.4. The number of aromatic amines is 1. The third-order valence-corrected chi connectivity index (χ3v) is 7.28. The molecule has 3 amide bonds. The standard InChI is InChI=1S/C30H36N4O4/c1-20(35)10-4-2-7-15-26(34-25(29(31)37)16-17-27(34)36)30(38)32-19-18-23-22-13-8-9-14-24(22)33-28(23)21-11-5-3-6-12-21/h3,5-6,8-9,11-14,25-26,33H,2,4,7,10,15-19H2,1H3,(H2,31,37)(H,32,38)/t25-,26-/m0/s1. The number of nitrogens with two attached hydrogens (primary N) is 1. The summed E-state index contributed by atoms with van der Waals surface area (Å²) in [6.07, 6.45) is 4.22. The van der Waals surface area contributed by atoms with E-state index in [2.05, 4.69) is 28.5 Å². The molecule has 4 rings (SSSR count). The molecule has 0 radical (unpaired) electrons. The molecular weight excluding hydrogens is 480 g/mol. The third kappa shape index (κ3) is 6.30. The van der Waals surface area contributed by atoms with Crippen molar-refractivity contribution in [2.24, 2.45) is 5.73 Å². The predicted molar refractivity (Wildman–Crippen MR) is 147 cm³/mol. The van der Waals surface area contributed by atoms with Crippen molar-refractivity contribution < 1.29 is 19.2 Å². The quantitative estimate of drug-likeness (QED) is 0.298. The van der Waals surface area contributed by atoms with Crippen molar-refractivity contribution in [3.63, 3.8) is 0 Å². The van der Waals surface area contributed by atoms with Crippen LogP contribution in [0.25, 0.3) is 22.2 Å². The van der Waals surface area contributed by atoms with E-state index in [0.29, 0.717) is 38.6 Å². The monoisotopic (exact) mass is 516 g/mol. The number of fused-ring (bicyclic) bond motifs is 1. The van der Waals surface area contributed by atoms with Crippen LogP contribution in [0.15, 0.2) is 54.6 Å². The number of carbonyl (C=O) groups excluding carboxylic acids is 4. The number of nitrogens with one attached hydrogen (secondary N) is 2. The van der Waals surface area contributed by atoms with E-state index < -0.39 is 18.0 Å². The average Bonchev–Trinajstić information content (AvgIpc) is 3.47. The Morgan fingerprint density at radius 2 is 1.79 bits per heavy atom. The molecule has 1 aliphatic rings. The topological polar surface area (TPSA) is 125 Å². The van der Waals surface area contributed by atoms with Crippen molar-refractivity contribution in [3.05, 3.63) is 60.2 Å². The molecule has 1 fully saturated rings. The van der Waals surface area contributed by atoms with Gasteiger partial charge in [-0.15, -0.1) is 0 Å². The van der Waals surface area contributed by atoms with Gasteiger partial charge in [0.1, 0.15) is 17.9 Å². The van der Waals surface area contributed by atoms with E-state index in [4.69, 9.17) is 5.73 Å². The lowest BCUT2D eigenvalue weighted by molar-refractivity contribution is -0.142. The van der Waals surface area contributed by atoms with Crippen molar-refractivity contribution in [2.45, 2.75) is 70.4 Å². The van der Waals surface area contributed by atoms with E-state index in [1.165, 1.54) is 4.90 Å². The van der Waals surface area contributed by atoms with E-state index in [0.717, 1.165) is 40.6 Å². The second-order valence-corrected chi connectivity index (χ2v) is 10.0. The van der Waals surface area contributed by atoms with Crippen molar-refractivity contribution in [1.29, 1.82) is 0 Å². The van der Waals surface area contributed by atoms with Crippen molar-refractivity contribution in [2.75, 3.05) is 6.54 Å². The van der Waals surface area contributed by atoms with Crippen molar-refractivity contribution in [1.82, 2.24) is 15.2 Å². The van der Waals surface area contributed by atoms with Crippen LogP contribution in [0.5, 0.6) is 0 Å². The number of amides is 3. The number of likely N-dealkylation sites (tertiary alicyclic amines) is 1. The van der Waals surface area contributed by atoms with Crippen LogP contribution < -0.4 is 11.1 Å². The summed E-state index contributed by atoms with van der Waals surface area (Å²) < 4.78 is 0. The molecule has 3 aromatic rings. The van der Waals surface area contributed by atoms with E-state index in [1.54, 1.807) is 6.92 Å². The lowest BCUT2D eigenvalue weighted by Gasteiger charge is -2.31. The first-order chi connectivity index (χ1) is 18.4. The molecule has 0 saturated carbocycles. The summed E-state index contributed by atoms with van der Waals surface area (Å²) in [7, 11) is 0. The number of unbranched alkanes of at least 4 members (excludes halogenated alkanes) is 2. The molecule has 1 saturated heterocycles. The molecule has 2 heterocycles. The number of H-pyrrole nitrogens is 1. The number of Topliss-reactive ketones (excluding diaryl/α,β-unsaturated/α-hetero) is 1. The third-order valence-electron chi connectivity index (χ3n) is 7.28. The number of nitrogens with zero attached hydrogens (tertiary/aromatic N) is 1. The molecule has 2 atom stereocenters. The Hall–Kier alpha value is -3.94. The SMILES string of the molecule is CC(=O)CCCCC[C@@H](C(=O)NCCc1c(-c2ccccc2)[nH]c2ccccc12)N1C(=O)CC[C@H]1C(N)=O. The number of para-hydroxylation sites is 1. The van der Waals surface area contributed by atoms with E-state index in [9.17, 15) is 19.2 Å². The van der Waals surface area contributed by atoms with Gasteiger partial charge in [0.15, 0.2) is 0 Å². The van der Waals surface area contributed by atoms with Crippen LogP contribution in [0.1, 0.15) is 57.4 Å². The molecule has 0 spiro atoms. The number of ketones is 1. The molecule has 8 nitrogen and oxygen atoms in total. The zero-order chi connectivity index (χ0) is 27.1. The highest BCUT2D eigenvalue weighted by atomic mass is 16.2. The van der Waals surface area contributed by atoms with Crippen LogP contribution in [0.3, 0.4) is 0 Å². The fourth-order valence-corrected chi connectivity index (χ4v) is 5.40. The Bertz CT molecular complexity index is 1300. The number of hydrogen-bond donors (Lipinski definition) is 3. The first-order valence-corrected chi connectivity index (χ1v) is 13.4. The molecular formula is C30H36N4O4. The molecule has 0 unspecified atom stereocenters. The maximum atomic E-state index is 13.4. The summed E-state index contributed by atoms with van der Waals surface area (Å²) in [6.45, 7) is 1.94. The number of primary amides is 1. The number of benzene rings is 2. The maximum absolute atomic E-state index is 13.4. The first kappa shape index (κ1) is 27.1. The Balaban J connectivity index is 1.48. The second-order valence-electron chi connectivity index (χ2n) is 10.0.